The van der Waals surface area contributed by atoms with E-state index in [-0.39, 0.29) is 11.2 Å². The van der Waals surface area contributed by atoms with E-state index in [2.05, 4.69) is 18.7 Å². The third kappa shape index (κ3) is 4.80. The van der Waals surface area contributed by atoms with E-state index in [1.54, 1.807) is 0 Å². The van der Waals surface area contributed by atoms with E-state index in [1.165, 1.54) is 0 Å². The van der Waals surface area contributed by atoms with E-state index in [0.717, 1.165) is 38.9 Å². The van der Waals surface area contributed by atoms with Gasteiger partial charge in [-0.2, -0.15) is 8.42 Å². The van der Waals surface area contributed by atoms with Gasteiger partial charge in [-0.05, 0) is 50.7 Å². The van der Waals surface area contributed by atoms with Gasteiger partial charge in [0.25, 0.3) is 10.1 Å². The third-order valence-electron chi connectivity index (χ3n) is 3.69. The molecule has 0 atom stereocenters. The Balaban J connectivity index is 2.31. The number of likely N-dealkylation sites (tertiary alicyclic amines) is 1. The second-order valence-corrected chi connectivity index (χ2v) is 6.71. The first-order valence-electron chi connectivity index (χ1n) is 6.02. The standard InChI is InChI=1S/C11H23NO3S/c1-3-12-8-6-11(2,7-9-12)5-4-10-16(13,14)15/h3-10H2,1-2H3,(H,13,14,15). The molecule has 1 aliphatic rings. The Labute approximate surface area is 98.8 Å². The highest BCUT2D eigenvalue weighted by molar-refractivity contribution is 7.85. The minimum Gasteiger partial charge on any atom is -0.304 e. The van der Waals surface area contributed by atoms with Crippen LogP contribution in [-0.4, -0.2) is 43.3 Å². The van der Waals surface area contributed by atoms with Crippen LogP contribution in [0.4, 0.5) is 0 Å². The van der Waals surface area contributed by atoms with E-state index in [4.69, 9.17) is 4.55 Å². The normalized spacial score (nSPS) is 22.2. The Kier molecular flexibility index (Phi) is 4.76. The fourth-order valence-electron chi connectivity index (χ4n) is 2.34. The maximum atomic E-state index is 10.6. The van der Waals surface area contributed by atoms with Crippen molar-refractivity contribution in [2.45, 2.75) is 39.5 Å². The predicted octanol–water partition coefficient (Wildman–Crippen LogP) is 1.78. The first-order valence-corrected chi connectivity index (χ1v) is 7.63. The lowest BCUT2D eigenvalue weighted by Crippen LogP contribution is -2.38. The van der Waals surface area contributed by atoms with Crippen molar-refractivity contribution in [3.8, 4) is 0 Å². The minimum absolute atomic E-state index is 0.0971. The highest BCUT2D eigenvalue weighted by Gasteiger charge is 2.29. The molecule has 5 heteroatoms. The lowest BCUT2D eigenvalue weighted by molar-refractivity contribution is 0.114. The highest BCUT2D eigenvalue weighted by atomic mass is 32.2. The molecule has 1 rings (SSSR count). The Morgan fingerprint density at radius 2 is 1.88 bits per heavy atom. The van der Waals surface area contributed by atoms with Crippen LogP contribution in [0.5, 0.6) is 0 Å². The summed E-state index contributed by atoms with van der Waals surface area (Å²) >= 11 is 0. The fourth-order valence-corrected chi connectivity index (χ4v) is 2.85. The maximum Gasteiger partial charge on any atom is 0.264 e. The molecule has 1 saturated heterocycles. The smallest absolute Gasteiger partial charge is 0.264 e. The van der Waals surface area contributed by atoms with E-state index >= 15 is 0 Å². The van der Waals surface area contributed by atoms with Gasteiger partial charge in [0.15, 0.2) is 0 Å². The van der Waals surface area contributed by atoms with Gasteiger partial charge in [-0.25, -0.2) is 0 Å². The van der Waals surface area contributed by atoms with Gasteiger partial charge in [0.1, 0.15) is 0 Å². The number of nitrogens with zero attached hydrogens (tertiary/aromatic N) is 1. The van der Waals surface area contributed by atoms with E-state index in [9.17, 15) is 8.42 Å². The van der Waals surface area contributed by atoms with Crippen LogP contribution in [0.15, 0.2) is 0 Å². The van der Waals surface area contributed by atoms with Gasteiger partial charge >= 0.3 is 0 Å². The highest BCUT2D eigenvalue weighted by Crippen LogP contribution is 2.35. The molecule has 0 radical (unpaired) electrons. The summed E-state index contributed by atoms with van der Waals surface area (Å²) in [5.74, 6) is -0.0971. The van der Waals surface area contributed by atoms with Crippen LogP contribution in [0.1, 0.15) is 39.5 Å². The van der Waals surface area contributed by atoms with E-state index in [1.807, 2.05) is 0 Å². The van der Waals surface area contributed by atoms with Crippen molar-refractivity contribution in [1.29, 1.82) is 0 Å². The summed E-state index contributed by atoms with van der Waals surface area (Å²) in [4.78, 5) is 2.42. The van der Waals surface area contributed by atoms with Crippen LogP contribution < -0.4 is 0 Å². The van der Waals surface area contributed by atoms with Crippen molar-refractivity contribution in [2.75, 3.05) is 25.4 Å². The van der Waals surface area contributed by atoms with Crippen molar-refractivity contribution in [1.82, 2.24) is 4.90 Å². The average molecular weight is 249 g/mol. The van der Waals surface area contributed by atoms with Gasteiger partial charge in [-0.3, -0.25) is 4.55 Å². The topological polar surface area (TPSA) is 57.6 Å². The van der Waals surface area contributed by atoms with Crippen LogP contribution in [0.2, 0.25) is 0 Å². The molecule has 4 nitrogen and oxygen atoms in total. The zero-order chi connectivity index (χ0) is 12.2. The third-order valence-corrected chi connectivity index (χ3v) is 4.50. The average Bonchev–Trinajstić information content (AvgIpc) is 2.17. The zero-order valence-corrected chi connectivity index (χ0v) is 11.1. The second kappa shape index (κ2) is 5.47. The molecule has 1 N–H and O–H groups in total. The first kappa shape index (κ1) is 13.9. The minimum atomic E-state index is -3.78. The summed E-state index contributed by atoms with van der Waals surface area (Å²) in [5, 5.41) is 0. The molecule has 0 aromatic heterocycles. The van der Waals surface area contributed by atoms with Gasteiger partial charge in [-0.1, -0.05) is 13.8 Å². The lowest BCUT2D eigenvalue weighted by Gasteiger charge is -2.39. The van der Waals surface area contributed by atoms with Crippen molar-refractivity contribution in [3.63, 3.8) is 0 Å². The molecule has 0 aromatic carbocycles. The summed E-state index contributed by atoms with van der Waals surface area (Å²) < 4.78 is 29.9. The van der Waals surface area contributed by atoms with E-state index in [0.29, 0.717) is 6.42 Å². The zero-order valence-electron chi connectivity index (χ0n) is 10.3. The fraction of sp³-hybridized carbons (Fsp3) is 1.00. The van der Waals surface area contributed by atoms with Crippen LogP contribution >= 0.6 is 0 Å². The molecule has 16 heavy (non-hydrogen) atoms. The van der Waals surface area contributed by atoms with Gasteiger partial charge < -0.3 is 4.90 Å². The monoisotopic (exact) mass is 249 g/mol. The van der Waals surface area contributed by atoms with Crippen molar-refractivity contribution in [3.05, 3.63) is 0 Å². The first-order chi connectivity index (χ1) is 7.35. The molecule has 1 aliphatic heterocycles. The molecular weight excluding hydrogens is 226 g/mol. The van der Waals surface area contributed by atoms with Crippen LogP contribution in [0.3, 0.4) is 0 Å². The van der Waals surface area contributed by atoms with Crippen molar-refractivity contribution < 1.29 is 13.0 Å². The largest absolute Gasteiger partial charge is 0.304 e. The number of rotatable bonds is 5. The summed E-state index contributed by atoms with van der Waals surface area (Å²) in [6, 6.07) is 0. The van der Waals surface area contributed by atoms with Crippen LogP contribution in [-0.2, 0) is 10.1 Å². The molecule has 96 valence electrons. The van der Waals surface area contributed by atoms with Crippen LogP contribution in [0.25, 0.3) is 0 Å². The molecule has 0 spiro atoms. The molecule has 0 aliphatic carbocycles. The summed E-state index contributed by atoms with van der Waals surface area (Å²) in [6.45, 7) is 7.71. The summed E-state index contributed by atoms with van der Waals surface area (Å²) in [7, 11) is -3.78. The number of piperidine rings is 1. The molecule has 1 fully saturated rings. The van der Waals surface area contributed by atoms with Gasteiger partial charge in [0.2, 0.25) is 0 Å². The molecule has 0 bridgehead atoms. The number of hydrogen-bond acceptors (Lipinski definition) is 3. The lowest BCUT2D eigenvalue weighted by atomic mass is 9.77. The Hall–Kier alpha value is -0.130. The SMILES string of the molecule is CCN1CCC(C)(CCCS(=O)(=O)O)CC1. The maximum absolute atomic E-state index is 10.6. The van der Waals surface area contributed by atoms with E-state index < -0.39 is 10.1 Å². The van der Waals surface area contributed by atoms with Crippen molar-refractivity contribution >= 4 is 10.1 Å². The second-order valence-electron chi connectivity index (χ2n) is 5.13. The molecule has 0 unspecified atom stereocenters. The number of hydrogen-bond donors (Lipinski definition) is 1. The Morgan fingerprint density at radius 1 is 1.31 bits per heavy atom. The molecular formula is C11H23NO3S. The summed E-state index contributed by atoms with van der Waals surface area (Å²) in [5.41, 5.74) is 0.260. The Morgan fingerprint density at radius 3 is 2.31 bits per heavy atom. The van der Waals surface area contributed by atoms with Crippen LogP contribution in [0, 0.1) is 5.41 Å². The van der Waals surface area contributed by atoms with Gasteiger partial charge in [-0.15, -0.1) is 0 Å². The molecule has 0 aromatic rings. The molecule has 1 heterocycles. The quantitative estimate of drug-likeness (QED) is 0.755. The Bertz CT molecular complexity index is 305. The summed E-state index contributed by atoms with van der Waals surface area (Å²) in [6.07, 6.45) is 3.73. The molecule has 0 saturated carbocycles. The van der Waals surface area contributed by atoms with Gasteiger partial charge in [0, 0.05) is 0 Å². The van der Waals surface area contributed by atoms with Crippen molar-refractivity contribution in [2.24, 2.45) is 5.41 Å². The molecule has 0 amide bonds. The van der Waals surface area contributed by atoms with Gasteiger partial charge in [0.05, 0.1) is 5.75 Å². The predicted molar refractivity (Wildman–Crippen MR) is 65.1 cm³/mol.